The van der Waals surface area contributed by atoms with Gasteiger partial charge in [0.1, 0.15) is 6.42 Å². The summed E-state index contributed by atoms with van der Waals surface area (Å²) in [5, 5.41) is 10.7. The van der Waals surface area contributed by atoms with E-state index in [1.54, 1.807) is 0 Å². The van der Waals surface area contributed by atoms with Crippen molar-refractivity contribution in [2.45, 2.75) is 19.8 Å². The molecular formula is C8H15NO4. The van der Waals surface area contributed by atoms with Crippen molar-refractivity contribution < 1.29 is 19.4 Å². The smallest absolute Gasteiger partial charge is 0.312 e. The van der Waals surface area contributed by atoms with E-state index in [-0.39, 0.29) is 0 Å². The van der Waals surface area contributed by atoms with Crippen molar-refractivity contribution in [3.8, 4) is 0 Å². The fraction of sp³-hybridized carbons (Fsp3) is 0.750. The minimum Gasteiger partial charge on any atom is -0.481 e. The minimum atomic E-state index is -1.11. The Morgan fingerprint density at radius 2 is 2.15 bits per heavy atom. The molecule has 0 bridgehead atoms. The molecule has 2 N–H and O–H groups in total. The number of carbonyl (C=O) groups excluding carboxylic acids is 1. The SMILES string of the molecule is CCOCCCNC(=O)CC(=O)O. The van der Waals surface area contributed by atoms with Crippen molar-refractivity contribution in [3.63, 3.8) is 0 Å². The first kappa shape index (κ1) is 11.9. The number of amides is 1. The maximum atomic E-state index is 10.8. The number of ether oxygens (including phenoxy) is 1. The summed E-state index contributed by atoms with van der Waals surface area (Å²) in [4.78, 5) is 20.8. The van der Waals surface area contributed by atoms with E-state index in [1.165, 1.54) is 0 Å². The normalized spacial score (nSPS) is 9.62. The molecule has 1 amide bonds. The molecule has 0 aromatic carbocycles. The van der Waals surface area contributed by atoms with E-state index in [4.69, 9.17) is 9.84 Å². The number of rotatable bonds is 7. The Labute approximate surface area is 77.1 Å². The van der Waals surface area contributed by atoms with Gasteiger partial charge in [0.15, 0.2) is 0 Å². The van der Waals surface area contributed by atoms with Crippen LogP contribution in [0.4, 0.5) is 0 Å². The Kier molecular flexibility index (Phi) is 6.91. The molecule has 0 aromatic rings. The third-order valence-corrected chi connectivity index (χ3v) is 1.30. The molecule has 0 radical (unpaired) electrons. The zero-order valence-electron chi connectivity index (χ0n) is 7.71. The average Bonchev–Trinajstić information content (AvgIpc) is 2.02. The molecule has 0 aliphatic heterocycles. The summed E-state index contributed by atoms with van der Waals surface area (Å²) in [5.41, 5.74) is 0. The highest BCUT2D eigenvalue weighted by Crippen LogP contribution is 1.83. The number of carbonyl (C=O) groups is 2. The van der Waals surface area contributed by atoms with Crippen molar-refractivity contribution in [1.29, 1.82) is 0 Å². The molecule has 0 aliphatic rings. The fourth-order valence-electron chi connectivity index (χ4n) is 0.746. The maximum Gasteiger partial charge on any atom is 0.312 e. The molecule has 13 heavy (non-hydrogen) atoms. The average molecular weight is 189 g/mol. The molecule has 0 unspecified atom stereocenters. The Hall–Kier alpha value is -1.10. The van der Waals surface area contributed by atoms with Crippen molar-refractivity contribution in [3.05, 3.63) is 0 Å². The number of hydrogen-bond acceptors (Lipinski definition) is 3. The van der Waals surface area contributed by atoms with Crippen LogP contribution in [0.3, 0.4) is 0 Å². The quantitative estimate of drug-likeness (QED) is 0.436. The molecule has 0 aromatic heterocycles. The van der Waals surface area contributed by atoms with Crippen molar-refractivity contribution in [2.24, 2.45) is 0 Å². The molecule has 0 saturated heterocycles. The lowest BCUT2D eigenvalue weighted by molar-refractivity contribution is -0.140. The van der Waals surface area contributed by atoms with Gasteiger partial charge in [-0.2, -0.15) is 0 Å². The highest BCUT2D eigenvalue weighted by atomic mass is 16.5. The lowest BCUT2D eigenvalue weighted by Gasteiger charge is -2.02. The molecule has 0 fully saturated rings. The van der Waals surface area contributed by atoms with Gasteiger partial charge in [0, 0.05) is 19.8 Å². The summed E-state index contributed by atoms with van der Waals surface area (Å²) >= 11 is 0. The van der Waals surface area contributed by atoms with Gasteiger partial charge in [-0.25, -0.2) is 0 Å². The first-order chi connectivity index (χ1) is 6.16. The zero-order valence-corrected chi connectivity index (χ0v) is 7.71. The molecule has 76 valence electrons. The topological polar surface area (TPSA) is 75.6 Å². The van der Waals surface area contributed by atoms with E-state index < -0.39 is 18.3 Å². The predicted molar refractivity (Wildman–Crippen MR) is 46.4 cm³/mol. The van der Waals surface area contributed by atoms with Gasteiger partial charge in [-0.1, -0.05) is 0 Å². The van der Waals surface area contributed by atoms with Crippen molar-refractivity contribution in [1.82, 2.24) is 5.32 Å². The van der Waals surface area contributed by atoms with E-state index in [9.17, 15) is 9.59 Å². The van der Waals surface area contributed by atoms with Crippen LogP contribution in [0.2, 0.25) is 0 Å². The molecular weight excluding hydrogens is 174 g/mol. The largest absolute Gasteiger partial charge is 0.481 e. The molecule has 0 aliphatic carbocycles. The highest BCUT2D eigenvalue weighted by molar-refractivity contribution is 5.93. The van der Waals surface area contributed by atoms with Crippen LogP contribution in [0, 0.1) is 0 Å². The summed E-state index contributed by atoms with van der Waals surface area (Å²) in [6.45, 7) is 3.60. The van der Waals surface area contributed by atoms with E-state index >= 15 is 0 Å². The van der Waals surface area contributed by atoms with Crippen LogP contribution in [-0.4, -0.2) is 36.7 Å². The zero-order chi connectivity index (χ0) is 10.1. The molecule has 0 saturated carbocycles. The number of aliphatic carboxylic acids is 1. The molecule has 5 heteroatoms. The van der Waals surface area contributed by atoms with Crippen LogP contribution in [0.5, 0.6) is 0 Å². The standard InChI is InChI=1S/C8H15NO4/c1-2-13-5-3-4-9-7(10)6-8(11)12/h2-6H2,1H3,(H,9,10)(H,11,12). The second-order valence-corrected chi connectivity index (χ2v) is 2.47. The van der Waals surface area contributed by atoms with Gasteiger partial charge in [0.25, 0.3) is 0 Å². The number of carboxylic acids is 1. The van der Waals surface area contributed by atoms with E-state index in [0.29, 0.717) is 26.2 Å². The van der Waals surface area contributed by atoms with E-state index in [2.05, 4.69) is 5.32 Å². The van der Waals surface area contributed by atoms with E-state index in [0.717, 1.165) is 0 Å². The first-order valence-corrected chi connectivity index (χ1v) is 4.23. The first-order valence-electron chi connectivity index (χ1n) is 4.23. The van der Waals surface area contributed by atoms with Crippen LogP contribution >= 0.6 is 0 Å². The van der Waals surface area contributed by atoms with Gasteiger partial charge >= 0.3 is 5.97 Å². The molecule has 0 rings (SSSR count). The van der Waals surface area contributed by atoms with Crippen LogP contribution < -0.4 is 5.32 Å². The summed E-state index contributed by atoms with van der Waals surface area (Å²) in [7, 11) is 0. The van der Waals surface area contributed by atoms with Gasteiger partial charge < -0.3 is 15.2 Å². The predicted octanol–water partition coefficient (Wildman–Crippen LogP) is 0.00390. The summed E-state index contributed by atoms with van der Waals surface area (Å²) < 4.78 is 5.03. The number of hydrogen-bond donors (Lipinski definition) is 2. The third kappa shape index (κ3) is 8.81. The Morgan fingerprint density at radius 1 is 1.46 bits per heavy atom. The van der Waals surface area contributed by atoms with Crippen LogP contribution in [0.1, 0.15) is 19.8 Å². The minimum absolute atomic E-state index is 0.455. The van der Waals surface area contributed by atoms with Crippen LogP contribution in [-0.2, 0) is 14.3 Å². The summed E-state index contributed by atoms with van der Waals surface area (Å²) in [5.74, 6) is -1.56. The van der Waals surface area contributed by atoms with E-state index in [1.807, 2.05) is 6.92 Å². The van der Waals surface area contributed by atoms with Gasteiger partial charge in [-0.05, 0) is 13.3 Å². The Morgan fingerprint density at radius 3 is 2.69 bits per heavy atom. The maximum absolute atomic E-state index is 10.8. The molecule has 0 heterocycles. The lowest BCUT2D eigenvalue weighted by atomic mass is 10.4. The van der Waals surface area contributed by atoms with Crippen LogP contribution in [0.25, 0.3) is 0 Å². The van der Waals surface area contributed by atoms with Crippen LogP contribution in [0.15, 0.2) is 0 Å². The van der Waals surface area contributed by atoms with Gasteiger partial charge in [0.05, 0.1) is 0 Å². The lowest BCUT2D eigenvalue weighted by Crippen LogP contribution is -2.27. The fourth-order valence-corrected chi connectivity index (χ4v) is 0.746. The number of carboxylic acid groups (broad SMARTS) is 1. The monoisotopic (exact) mass is 189 g/mol. The summed E-state index contributed by atoms with van der Waals surface area (Å²) in [6, 6.07) is 0. The third-order valence-electron chi connectivity index (χ3n) is 1.30. The molecule has 0 atom stereocenters. The molecule has 5 nitrogen and oxygen atoms in total. The van der Waals surface area contributed by atoms with Gasteiger partial charge in [0.2, 0.25) is 5.91 Å². The summed E-state index contributed by atoms with van der Waals surface area (Å²) in [6.07, 6.45) is 0.244. The molecule has 0 spiro atoms. The Bertz CT molecular complexity index is 170. The van der Waals surface area contributed by atoms with Crippen molar-refractivity contribution in [2.75, 3.05) is 19.8 Å². The van der Waals surface area contributed by atoms with Crippen molar-refractivity contribution >= 4 is 11.9 Å². The highest BCUT2D eigenvalue weighted by Gasteiger charge is 2.05. The Balaban J connectivity index is 3.22. The van der Waals surface area contributed by atoms with Gasteiger partial charge in [-0.15, -0.1) is 0 Å². The van der Waals surface area contributed by atoms with Gasteiger partial charge in [-0.3, -0.25) is 9.59 Å². The second-order valence-electron chi connectivity index (χ2n) is 2.47. The second kappa shape index (κ2) is 7.54. The number of nitrogens with one attached hydrogen (secondary N) is 1.